The van der Waals surface area contributed by atoms with Crippen molar-refractivity contribution < 1.29 is 23.8 Å². The molecular formula is C26H25FO4. The van der Waals surface area contributed by atoms with Crippen molar-refractivity contribution in [1.82, 2.24) is 0 Å². The van der Waals surface area contributed by atoms with Gasteiger partial charge in [-0.15, -0.1) is 0 Å². The van der Waals surface area contributed by atoms with E-state index in [0.717, 1.165) is 22.3 Å². The number of carbonyl (C=O) groups excluding carboxylic acids is 1. The molecule has 0 bridgehead atoms. The number of aliphatic hydroxyl groups excluding tert-OH is 1. The minimum atomic E-state index is -0.460. The van der Waals surface area contributed by atoms with Gasteiger partial charge in [0.05, 0.1) is 6.61 Å². The summed E-state index contributed by atoms with van der Waals surface area (Å²) in [5.41, 5.74) is 4.75. The molecule has 0 fully saturated rings. The second kappa shape index (κ2) is 10.0. The number of benzene rings is 3. The first-order valence-corrected chi connectivity index (χ1v) is 9.95. The van der Waals surface area contributed by atoms with Crippen LogP contribution in [0.25, 0.3) is 22.3 Å². The fraction of sp³-hybridized carbons (Fsp3) is 0.192. The Hall–Kier alpha value is -3.44. The average molecular weight is 420 g/mol. The summed E-state index contributed by atoms with van der Waals surface area (Å²) in [5, 5.41) is 9.18. The van der Waals surface area contributed by atoms with Crippen molar-refractivity contribution in [2.45, 2.75) is 20.5 Å². The third kappa shape index (κ3) is 5.58. The van der Waals surface area contributed by atoms with E-state index in [1.54, 1.807) is 37.3 Å². The Labute approximate surface area is 181 Å². The number of halogens is 1. The van der Waals surface area contributed by atoms with E-state index in [0.29, 0.717) is 22.4 Å². The fourth-order valence-corrected chi connectivity index (χ4v) is 3.10. The zero-order valence-corrected chi connectivity index (χ0v) is 17.7. The standard InChI is InChI=1S/C26H25FO4/c1-17(2)26(29)31-13-12-30-25-14-18(3)4-10-23(25)21-9-11-22(24(27)15-21)20-7-5-19(16-28)6-8-20/h4-11,14-15,28H,1,12-13,16H2,2-3H3. The molecule has 3 rings (SSSR count). The number of esters is 1. The van der Waals surface area contributed by atoms with Crippen LogP contribution < -0.4 is 4.74 Å². The molecule has 0 heterocycles. The third-order valence-corrected chi connectivity index (χ3v) is 4.79. The molecule has 3 aromatic rings. The predicted molar refractivity (Wildman–Crippen MR) is 119 cm³/mol. The van der Waals surface area contributed by atoms with Gasteiger partial charge < -0.3 is 14.6 Å². The Morgan fingerprint density at radius 3 is 2.29 bits per heavy atom. The lowest BCUT2D eigenvalue weighted by atomic mass is 9.98. The van der Waals surface area contributed by atoms with Crippen LogP contribution in [0.4, 0.5) is 4.39 Å². The maximum absolute atomic E-state index is 14.9. The summed E-state index contributed by atoms with van der Waals surface area (Å²) in [5.74, 6) is -0.222. The van der Waals surface area contributed by atoms with Crippen LogP contribution in [-0.2, 0) is 16.1 Å². The highest BCUT2D eigenvalue weighted by atomic mass is 19.1. The molecule has 0 aliphatic carbocycles. The van der Waals surface area contributed by atoms with E-state index in [4.69, 9.17) is 9.47 Å². The molecule has 5 heteroatoms. The number of aryl methyl sites for hydroxylation is 1. The largest absolute Gasteiger partial charge is 0.489 e. The Morgan fingerprint density at radius 1 is 0.968 bits per heavy atom. The first-order chi connectivity index (χ1) is 14.9. The minimum Gasteiger partial charge on any atom is -0.489 e. The molecule has 1 N–H and O–H groups in total. The van der Waals surface area contributed by atoms with Gasteiger partial charge in [-0.2, -0.15) is 0 Å². The van der Waals surface area contributed by atoms with E-state index in [1.807, 2.05) is 31.2 Å². The monoisotopic (exact) mass is 420 g/mol. The molecule has 160 valence electrons. The summed E-state index contributed by atoms with van der Waals surface area (Å²) < 4.78 is 25.8. The SMILES string of the molecule is C=C(C)C(=O)OCCOc1cc(C)ccc1-c1ccc(-c2ccc(CO)cc2)c(F)c1. The lowest BCUT2D eigenvalue weighted by Gasteiger charge is -2.14. The highest BCUT2D eigenvalue weighted by Crippen LogP contribution is 2.34. The second-order valence-electron chi connectivity index (χ2n) is 7.31. The molecule has 0 atom stereocenters. The van der Waals surface area contributed by atoms with Crippen molar-refractivity contribution in [2.24, 2.45) is 0 Å². The van der Waals surface area contributed by atoms with Crippen LogP contribution >= 0.6 is 0 Å². The molecule has 0 saturated heterocycles. The Bertz CT molecular complexity index is 1090. The molecule has 0 aliphatic rings. The van der Waals surface area contributed by atoms with E-state index in [1.165, 1.54) is 6.07 Å². The number of ether oxygens (including phenoxy) is 2. The van der Waals surface area contributed by atoms with Crippen molar-refractivity contribution in [3.8, 4) is 28.0 Å². The van der Waals surface area contributed by atoms with Crippen molar-refractivity contribution in [2.75, 3.05) is 13.2 Å². The van der Waals surface area contributed by atoms with E-state index in [2.05, 4.69) is 6.58 Å². The van der Waals surface area contributed by atoms with Gasteiger partial charge in [-0.25, -0.2) is 9.18 Å². The maximum Gasteiger partial charge on any atom is 0.333 e. The van der Waals surface area contributed by atoms with Crippen LogP contribution in [0.5, 0.6) is 5.75 Å². The molecule has 0 saturated carbocycles. The van der Waals surface area contributed by atoms with E-state index < -0.39 is 5.97 Å². The summed E-state index contributed by atoms with van der Waals surface area (Å²) in [6.07, 6.45) is 0. The molecule has 0 spiro atoms. The highest BCUT2D eigenvalue weighted by molar-refractivity contribution is 5.86. The van der Waals surface area contributed by atoms with Crippen LogP contribution in [-0.4, -0.2) is 24.3 Å². The number of aliphatic hydroxyl groups is 1. The Kier molecular flexibility index (Phi) is 7.21. The van der Waals surface area contributed by atoms with Gasteiger partial charge in [-0.05, 0) is 48.2 Å². The number of hydrogen-bond donors (Lipinski definition) is 1. The topological polar surface area (TPSA) is 55.8 Å². The van der Waals surface area contributed by atoms with Crippen LogP contribution in [0.2, 0.25) is 0 Å². The van der Waals surface area contributed by atoms with Gasteiger partial charge in [0, 0.05) is 16.7 Å². The predicted octanol–water partition coefficient (Wildman–Crippen LogP) is 5.46. The molecular weight excluding hydrogens is 395 g/mol. The summed E-state index contributed by atoms with van der Waals surface area (Å²) in [6.45, 7) is 7.28. The van der Waals surface area contributed by atoms with Gasteiger partial charge in [-0.3, -0.25) is 0 Å². The Morgan fingerprint density at radius 2 is 1.65 bits per heavy atom. The fourth-order valence-electron chi connectivity index (χ4n) is 3.10. The molecule has 0 aromatic heterocycles. The van der Waals surface area contributed by atoms with Crippen LogP contribution in [0.3, 0.4) is 0 Å². The number of rotatable bonds is 8. The summed E-state index contributed by atoms with van der Waals surface area (Å²) >= 11 is 0. The van der Waals surface area contributed by atoms with E-state index >= 15 is 0 Å². The third-order valence-electron chi connectivity index (χ3n) is 4.79. The number of hydrogen-bond acceptors (Lipinski definition) is 4. The van der Waals surface area contributed by atoms with Gasteiger partial charge in [0.2, 0.25) is 0 Å². The number of carbonyl (C=O) groups is 1. The average Bonchev–Trinajstić information content (AvgIpc) is 2.76. The lowest BCUT2D eigenvalue weighted by Crippen LogP contribution is -2.12. The molecule has 4 nitrogen and oxygen atoms in total. The highest BCUT2D eigenvalue weighted by Gasteiger charge is 2.12. The second-order valence-corrected chi connectivity index (χ2v) is 7.31. The molecule has 0 amide bonds. The zero-order valence-electron chi connectivity index (χ0n) is 17.7. The molecule has 0 aliphatic heterocycles. The first kappa shape index (κ1) is 22.2. The quantitative estimate of drug-likeness (QED) is 0.299. The van der Waals surface area contributed by atoms with E-state index in [9.17, 15) is 14.3 Å². The van der Waals surface area contributed by atoms with Gasteiger partial charge >= 0.3 is 5.97 Å². The maximum atomic E-state index is 14.9. The molecule has 31 heavy (non-hydrogen) atoms. The van der Waals surface area contributed by atoms with Crippen molar-refractivity contribution in [1.29, 1.82) is 0 Å². The van der Waals surface area contributed by atoms with Crippen molar-refractivity contribution in [3.05, 3.63) is 89.8 Å². The van der Waals surface area contributed by atoms with Gasteiger partial charge in [0.25, 0.3) is 0 Å². The normalized spacial score (nSPS) is 10.6. The summed E-state index contributed by atoms with van der Waals surface area (Å²) in [7, 11) is 0. The van der Waals surface area contributed by atoms with Gasteiger partial charge in [0.1, 0.15) is 24.8 Å². The van der Waals surface area contributed by atoms with Crippen LogP contribution in [0, 0.1) is 12.7 Å². The molecule has 0 radical (unpaired) electrons. The van der Waals surface area contributed by atoms with Crippen LogP contribution in [0.1, 0.15) is 18.1 Å². The first-order valence-electron chi connectivity index (χ1n) is 9.95. The lowest BCUT2D eigenvalue weighted by molar-refractivity contribution is -0.139. The molecule has 0 unspecified atom stereocenters. The van der Waals surface area contributed by atoms with Gasteiger partial charge in [-0.1, -0.05) is 55.1 Å². The summed E-state index contributed by atoms with van der Waals surface area (Å²) in [6, 6.07) is 17.9. The zero-order chi connectivity index (χ0) is 22.4. The summed E-state index contributed by atoms with van der Waals surface area (Å²) in [4.78, 5) is 11.5. The van der Waals surface area contributed by atoms with E-state index in [-0.39, 0.29) is 25.6 Å². The minimum absolute atomic E-state index is 0.0513. The van der Waals surface area contributed by atoms with Gasteiger partial charge in [0.15, 0.2) is 0 Å². The Balaban J connectivity index is 1.81. The van der Waals surface area contributed by atoms with Crippen LogP contribution in [0.15, 0.2) is 72.8 Å². The smallest absolute Gasteiger partial charge is 0.333 e. The van der Waals surface area contributed by atoms with Crippen molar-refractivity contribution in [3.63, 3.8) is 0 Å². The van der Waals surface area contributed by atoms with Crippen molar-refractivity contribution >= 4 is 5.97 Å². The molecule has 3 aromatic carbocycles.